The number of urea groups is 1. The molecule has 3 amide bonds. The summed E-state index contributed by atoms with van der Waals surface area (Å²) in [5, 5.41) is 9.21. The highest BCUT2D eigenvalue weighted by atomic mass is 16.5. The smallest absolute Gasteiger partial charge is 0.328 e. The zero-order valence-electron chi connectivity index (χ0n) is 18.5. The average Bonchev–Trinajstić information content (AvgIpc) is 3.40. The molecular formula is C24H25N5O4. The van der Waals surface area contributed by atoms with Crippen LogP contribution in [-0.2, 0) is 4.79 Å². The van der Waals surface area contributed by atoms with E-state index in [9.17, 15) is 14.7 Å². The second kappa shape index (κ2) is 8.25. The Balaban J connectivity index is 1.59. The van der Waals surface area contributed by atoms with Crippen LogP contribution in [0.5, 0.6) is 5.75 Å². The molecule has 2 atom stereocenters. The summed E-state index contributed by atoms with van der Waals surface area (Å²) >= 11 is 0. The lowest BCUT2D eigenvalue weighted by molar-refractivity contribution is -0.136. The molecule has 5 rings (SSSR count). The molecule has 0 spiro atoms. The lowest BCUT2D eigenvalue weighted by Gasteiger charge is -2.40. The summed E-state index contributed by atoms with van der Waals surface area (Å²) in [6, 6.07) is 16.5. The lowest BCUT2D eigenvalue weighted by Crippen LogP contribution is -2.64. The molecule has 0 aliphatic carbocycles. The zero-order chi connectivity index (χ0) is 23.1. The molecule has 3 heterocycles. The van der Waals surface area contributed by atoms with E-state index in [1.165, 1.54) is 9.80 Å². The van der Waals surface area contributed by atoms with E-state index < -0.39 is 18.2 Å². The van der Waals surface area contributed by atoms with Gasteiger partial charge < -0.3 is 14.7 Å². The van der Waals surface area contributed by atoms with E-state index in [2.05, 4.69) is 0 Å². The Bertz CT molecular complexity index is 1150. The van der Waals surface area contributed by atoms with Crippen LogP contribution in [0.3, 0.4) is 0 Å². The minimum Gasteiger partial charge on any atom is -0.497 e. The van der Waals surface area contributed by atoms with Gasteiger partial charge in [0, 0.05) is 38.0 Å². The Labute approximate surface area is 191 Å². The van der Waals surface area contributed by atoms with Gasteiger partial charge in [0.25, 0.3) is 5.91 Å². The summed E-state index contributed by atoms with van der Waals surface area (Å²) in [6.07, 6.45) is 1.62. The Hall–Kier alpha value is -3.85. The van der Waals surface area contributed by atoms with E-state index in [1.54, 1.807) is 14.2 Å². The number of likely N-dealkylation sites (N-methyl/N-ethyl adjacent to an activating group) is 1. The first-order valence-corrected chi connectivity index (χ1v) is 10.8. The molecule has 33 heavy (non-hydrogen) atoms. The van der Waals surface area contributed by atoms with E-state index in [4.69, 9.17) is 9.73 Å². The molecule has 3 aliphatic rings. The molecule has 1 N–H and O–H groups in total. The van der Waals surface area contributed by atoms with Gasteiger partial charge in [-0.05, 0) is 18.6 Å². The van der Waals surface area contributed by atoms with Crippen molar-refractivity contribution in [3.8, 4) is 5.75 Å². The average molecular weight is 447 g/mol. The Morgan fingerprint density at radius 3 is 2.61 bits per heavy atom. The van der Waals surface area contributed by atoms with Gasteiger partial charge in [0.15, 0.2) is 12.2 Å². The van der Waals surface area contributed by atoms with Crippen molar-refractivity contribution in [1.82, 2.24) is 14.7 Å². The summed E-state index contributed by atoms with van der Waals surface area (Å²) in [4.78, 5) is 37.6. The molecule has 9 heteroatoms. The first kappa shape index (κ1) is 21.0. The van der Waals surface area contributed by atoms with Crippen LogP contribution in [-0.4, -0.2) is 77.2 Å². The number of anilines is 1. The standard InChI is InChI=1S/C24H25N5O4/c1-26-21-20(22(31)27(24(26)32)12-7-13-30)28-15-19(16-8-4-3-5-9-16)29(23(28)25-21)17-10-6-11-18(14-17)33-2/h3-6,8-11,14-15,20-21,30H,7,12-13H2,1-2H3. The van der Waals surface area contributed by atoms with Crippen molar-refractivity contribution in [2.45, 2.75) is 18.6 Å². The number of aliphatic hydroxyl groups is 1. The van der Waals surface area contributed by atoms with Gasteiger partial charge in [-0.15, -0.1) is 0 Å². The molecule has 1 saturated heterocycles. The third-order valence-electron chi connectivity index (χ3n) is 6.13. The zero-order valence-corrected chi connectivity index (χ0v) is 18.5. The van der Waals surface area contributed by atoms with Gasteiger partial charge in [-0.1, -0.05) is 36.4 Å². The monoisotopic (exact) mass is 447 g/mol. The molecule has 2 unspecified atom stereocenters. The topological polar surface area (TPSA) is 88.9 Å². The fourth-order valence-electron chi connectivity index (χ4n) is 4.49. The minimum absolute atomic E-state index is 0.0952. The molecule has 0 saturated carbocycles. The second-order valence-corrected chi connectivity index (χ2v) is 8.07. The third-order valence-corrected chi connectivity index (χ3v) is 6.13. The van der Waals surface area contributed by atoms with Crippen molar-refractivity contribution < 1.29 is 19.4 Å². The number of imide groups is 1. The highest BCUT2D eigenvalue weighted by Crippen LogP contribution is 2.40. The number of fused-ring (bicyclic) bond motifs is 3. The van der Waals surface area contributed by atoms with Crippen LogP contribution in [0.2, 0.25) is 0 Å². The number of hydrogen-bond donors (Lipinski definition) is 1. The van der Waals surface area contributed by atoms with Gasteiger partial charge in [-0.2, -0.15) is 0 Å². The van der Waals surface area contributed by atoms with Gasteiger partial charge in [0.1, 0.15) is 5.75 Å². The number of ether oxygens (including phenoxy) is 1. The number of nitrogens with zero attached hydrogens (tertiary/aromatic N) is 5. The predicted octanol–water partition coefficient (Wildman–Crippen LogP) is 2.16. The molecule has 9 nitrogen and oxygen atoms in total. The van der Waals surface area contributed by atoms with Crippen molar-refractivity contribution in [3.05, 3.63) is 66.4 Å². The molecule has 2 aromatic rings. The number of guanidine groups is 1. The van der Waals surface area contributed by atoms with Crippen molar-refractivity contribution in [3.63, 3.8) is 0 Å². The van der Waals surface area contributed by atoms with E-state index >= 15 is 0 Å². The molecule has 0 aromatic heterocycles. The van der Waals surface area contributed by atoms with Gasteiger partial charge in [-0.25, -0.2) is 9.79 Å². The number of aliphatic hydroxyl groups excluding tert-OH is 1. The van der Waals surface area contributed by atoms with Gasteiger partial charge >= 0.3 is 6.03 Å². The van der Waals surface area contributed by atoms with Gasteiger partial charge in [0.2, 0.25) is 5.96 Å². The predicted molar refractivity (Wildman–Crippen MR) is 123 cm³/mol. The first-order chi connectivity index (χ1) is 16.0. The first-order valence-electron chi connectivity index (χ1n) is 10.8. The minimum atomic E-state index is -0.671. The van der Waals surface area contributed by atoms with Gasteiger partial charge in [0.05, 0.1) is 18.5 Å². The van der Waals surface area contributed by atoms with Crippen molar-refractivity contribution in [2.24, 2.45) is 4.99 Å². The Kier molecular flexibility index (Phi) is 5.26. The summed E-state index contributed by atoms with van der Waals surface area (Å²) in [6.45, 7) is 0.0712. The van der Waals surface area contributed by atoms with E-state index in [0.717, 1.165) is 16.9 Å². The number of aliphatic imine (C=N–C) groups is 1. The van der Waals surface area contributed by atoms with Crippen molar-refractivity contribution in [2.75, 3.05) is 32.2 Å². The second-order valence-electron chi connectivity index (χ2n) is 8.07. The van der Waals surface area contributed by atoms with Crippen LogP contribution in [0.1, 0.15) is 12.0 Å². The maximum absolute atomic E-state index is 13.4. The number of carbonyl (C=O) groups excluding carboxylic acids is 2. The molecule has 0 radical (unpaired) electrons. The molecule has 3 aliphatic heterocycles. The Morgan fingerprint density at radius 2 is 1.88 bits per heavy atom. The number of rotatable bonds is 6. The molecule has 0 bridgehead atoms. The van der Waals surface area contributed by atoms with Crippen LogP contribution in [0, 0.1) is 0 Å². The van der Waals surface area contributed by atoms with Crippen LogP contribution < -0.4 is 9.64 Å². The summed E-state index contributed by atoms with van der Waals surface area (Å²) in [7, 11) is 3.27. The van der Waals surface area contributed by atoms with E-state index in [1.807, 2.05) is 70.6 Å². The van der Waals surface area contributed by atoms with E-state index in [0.29, 0.717) is 18.1 Å². The maximum atomic E-state index is 13.4. The van der Waals surface area contributed by atoms with Crippen LogP contribution in [0.15, 0.2) is 65.8 Å². The third kappa shape index (κ3) is 3.32. The maximum Gasteiger partial charge on any atom is 0.328 e. The summed E-state index contributed by atoms with van der Waals surface area (Å²) in [5.74, 6) is 0.966. The van der Waals surface area contributed by atoms with Crippen molar-refractivity contribution >= 4 is 29.3 Å². The number of benzene rings is 2. The highest BCUT2D eigenvalue weighted by molar-refractivity contribution is 6.16. The molecule has 170 valence electrons. The lowest BCUT2D eigenvalue weighted by atomic mass is 10.1. The fourth-order valence-corrected chi connectivity index (χ4v) is 4.49. The Morgan fingerprint density at radius 1 is 1.09 bits per heavy atom. The number of amides is 3. The number of methoxy groups -OCH3 is 1. The number of carbonyl (C=O) groups is 2. The summed E-state index contributed by atoms with van der Waals surface area (Å²) in [5.41, 5.74) is 2.68. The van der Waals surface area contributed by atoms with Crippen molar-refractivity contribution in [1.29, 1.82) is 0 Å². The molecule has 1 fully saturated rings. The van der Waals surface area contributed by atoms with E-state index in [-0.39, 0.29) is 19.1 Å². The van der Waals surface area contributed by atoms with Gasteiger partial charge in [-0.3, -0.25) is 19.5 Å². The van der Waals surface area contributed by atoms with Crippen LogP contribution >= 0.6 is 0 Å². The SMILES string of the molecule is COc1cccc(N2C(c3ccccc3)=CN3C2=NC2C3C(=O)N(CCCO)C(=O)N2C)c1. The quantitative estimate of drug-likeness (QED) is 0.730. The van der Waals surface area contributed by atoms with Crippen LogP contribution in [0.25, 0.3) is 5.70 Å². The fraction of sp³-hybridized carbons (Fsp3) is 0.292. The molecule has 2 aromatic carbocycles. The van der Waals surface area contributed by atoms with Crippen LogP contribution in [0.4, 0.5) is 10.5 Å². The largest absolute Gasteiger partial charge is 0.497 e. The normalized spacial score (nSPS) is 21.8. The highest BCUT2D eigenvalue weighted by Gasteiger charge is 2.54. The molecular weight excluding hydrogens is 422 g/mol. The number of hydrogen-bond acceptors (Lipinski definition) is 7. The summed E-state index contributed by atoms with van der Waals surface area (Å²) < 4.78 is 5.43.